The number of rotatable bonds is 7. The Bertz CT molecular complexity index is 1220. The molecule has 0 aliphatic rings. The number of amides is 1. The fourth-order valence-corrected chi connectivity index (χ4v) is 3.78. The van der Waals surface area contributed by atoms with E-state index in [2.05, 4.69) is 35.5 Å². The third-order valence-corrected chi connectivity index (χ3v) is 6.03. The van der Waals surface area contributed by atoms with Crippen LogP contribution < -0.4 is 10.6 Å². The number of benzene rings is 3. The molecule has 3 aromatic carbocycles. The van der Waals surface area contributed by atoms with Crippen molar-refractivity contribution in [1.29, 1.82) is 0 Å². The van der Waals surface area contributed by atoms with Crippen molar-refractivity contribution in [2.24, 2.45) is 5.84 Å². The number of carbonyl (C=O) groups excluding carboxylic acids is 1. The fourth-order valence-electron chi connectivity index (χ4n) is 3.37. The lowest BCUT2D eigenvalue weighted by Crippen LogP contribution is -2.36. The van der Waals surface area contributed by atoms with Gasteiger partial charge in [-0.05, 0) is 59.7 Å². The summed E-state index contributed by atoms with van der Waals surface area (Å²) in [5.41, 5.74) is 4.63. The lowest BCUT2D eigenvalue weighted by Gasteiger charge is -2.17. The van der Waals surface area contributed by atoms with Crippen LogP contribution in [0, 0.1) is 6.92 Å². The van der Waals surface area contributed by atoms with E-state index in [0.29, 0.717) is 18.0 Å². The van der Waals surface area contributed by atoms with Crippen LogP contribution in [0.3, 0.4) is 0 Å². The molecule has 0 bridgehead atoms. The van der Waals surface area contributed by atoms with Crippen molar-refractivity contribution in [3.8, 4) is 22.8 Å². The Morgan fingerprint density at radius 2 is 1.61 bits per heavy atom. The molecule has 1 amide bonds. The summed E-state index contributed by atoms with van der Waals surface area (Å²) in [5, 5.41) is 1.20. The van der Waals surface area contributed by atoms with Crippen LogP contribution in [0.1, 0.15) is 21.5 Å². The van der Waals surface area contributed by atoms with Gasteiger partial charge < -0.3 is 4.74 Å². The number of thioether (sulfide) groups is 1. The van der Waals surface area contributed by atoms with E-state index in [0.717, 1.165) is 28.0 Å². The second-order valence-electron chi connectivity index (χ2n) is 7.61. The van der Waals surface area contributed by atoms with Crippen LogP contribution in [0.25, 0.3) is 11.1 Å². The number of hydrazine groups is 1. The summed E-state index contributed by atoms with van der Waals surface area (Å²) < 4.78 is 5.79. The second-order valence-corrected chi connectivity index (χ2v) is 8.49. The number of hydrogen-bond acceptors (Lipinski definition) is 5. The molecular formula is C27H25N3O2S. The standard InChI is InChI=1S/C27H25N3O2S/c1-19-5-3-4-6-25(19)32-26-16-13-23(17-29-26)27(31)30(28)18-20-7-9-21(10-8-20)22-11-14-24(33-2)15-12-22/h3-17H,18,28H2,1-2H3. The molecule has 0 fully saturated rings. The molecule has 4 rings (SSSR count). The van der Waals surface area contributed by atoms with Crippen molar-refractivity contribution in [3.05, 3.63) is 108 Å². The third-order valence-electron chi connectivity index (χ3n) is 5.28. The van der Waals surface area contributed by atoms with Crippen molar-refractivity contribution in [2.45, 2.75) is 18.4 Å². The van der Waals surface area contributed by atoms with Crippen LogP contribution in [0.15, 0.2) is 96.0 Å². The predicted molar refractivity (Wildman–Crippen MR) is 133 cm³/mol. The van der Waals surface area contributed by atoms with E-state index in [4.69, 9.17) is 10.6 Å². The van der Waals surface area contributed by atoms with Gasteiger partial charge in [0.15, 0.2) is 0 Å². The Balaban J connectivity index is 1.38. The summed E-state index contributed by atoms with van der Waals surface area (Å²) in [6.07, 6.45) is 3.55. The first kappa shape index (κ1) is 22.6. The van der Waals surface area contributed by atoms with Gasteiger partial charge in [-0.2, -0.15) is 0 Å². The van der Waals surface area contributed by atoms with Crippen molar-refractivity contribution < 1.29 is 9.53 Å². The van der Waals surface area contributed by atoms with Crippen LogP contribution in [-0.2, 0) is 6.54 Å². The highest BCUT2D eigenvalue weighted by atomic mass is 32.2. The topological polar surface area (TPSA) is 68.5 Å². The van der Waals surface area contributed by atoms with Crippen molar-refractivity contribution >= 4 is 17.7 Å². The number of aryl methyl sites for hydroxylation is 1. The summed E-state index contributed by atoms with van der Waals surface area (Å²) >= 11 is 1.72. The van der Waals surface area contributed by atoms with Gasteiger partial charge in [-0.3, -0.25) is 9.80 Å². The summed E-state index contributed by atoms with van der Waals surface area (Å²) in [4.78, 5) is 18.2. The molecule has 0 radical (unpaired) electrons. The molecule has 4 aromatic rings. The maximum absolute atomic E-state index is 12.7. The predicted octanol–water partition coefficient (Wildman–Crippen LogP) is 6.09. The molecule has 0 aliphatic carbocycles. The van der Waals surface area contributed by atoms with Crippen molar-refractivity contribution in [1.82, 2.24) is 9.99 Å². The number of nitrogens with two attached hydrogens (primary N) is 1. The molecule has 1 heterocycles. The zero-order chi connectivity index (χ0) is 23.2. The van der Waals surface area contributed by atoms with Gasteiger partial charge in [-0.25, -0.2) is 10.8 Å². The number of pyridine rings is 1. The second kappa shape index (κ2) is 10.3. The zero-order valence-corrected chi connectivity index (χ0v) is 19.4. The molecule has 0 spiro atoms. The number of hydrogen-bond donors (Lipinski definition) is 1. The Labute approximate surface area is 198 Å². The summed E-state index contributed by atoms with van der Waals surface area (Å²) in [6.45, 7) is 2.26. The molecule has 1 aromatic heterocycles. The Morgan fingerprint density at radius 1 is 0.939 bits per heavy atom. The first-order valence-electron chi connectivity index (χ1n) is 10.5. The van der Waals surface area contributed by atoms with E-state index >= 15 is 0 Å². The first-order chi connectivity index (χ1) is 16.0. The highest BCUT2D eigenvalue weighted by Gasteiger charge is 2.14. The van der Waals surface area contributed by atoms with E-state index < -0.39 is 0 Å². The maximum atomic E-state index is 12.7. The quantitative estimate of drug-likeness (QED) is 0.158. The number of ether oxygens (including phenoxy) is 1. The van der Waals surface area contributed by atoms with E-state index in [1.807, 2.05) is 55.5 Å². The van der Waals surface area contributed by atoms with Gasteiger partial charge in [-0.15, -0.1) is 11.8 Å². The van der Waals surface area contributed by atoms with Gasteiger partial charge in [0.05, 0.1) is 12.1 Å². The third kappa shape index (κ3) is 5.61. The van der Waals surface area contributed by atoms with Crippen molar-refractivity contribution in [2.75, 3.05) is 6.26 Å². The highest BCUT2D eigenvalue weighted by molar-refractivity contribution is 7.98. The van der Waals surface area contributed by atoms with E-state index in [1.54, 1.807) is 23.9 Å². The monoisotopic (exact) mass is 455 g/mol. The average molecular weight is 456 g/mol. The molecule has 0 aliphatic heterocycles. The lowest BCUT2D eigenvalue weighted by molar-refractivity contribution is 0.0742. The van der Waals surface area contributed by atoms with E-state index in [1.165, 1.54) is 16.1 Å². The minimum absolute atomic E-state index is 0.298. The summed E-state index contributed by atoms with van der Waals surface area (Å²) in [5.74, 6) is 6.91. The van der Waals surface area contributed by atoms with Crippen molar-refractivity contribution in [3.63, 3.8) is 0 Å². The first-order valence-corrected chi connectivity index (χ1v) is 11.8. The summed E-state index contributed by atoms with van der Waals surface area (Å²) in [7, 11) is 0. The lowest BCUT2D eigenvalue weighted by atomic mass is 10.0. The fraction of sp³-hybridized carbons (Fsp3) is 0.111. The molecule has 0 saturated carbocycles. The Morgan fingerprint density at radius 3 is 2.21 bits per heavy atom. The van der Waals surface area contributed by atoms with Crippen LogP contribution in [-0.4, -0.2) is 22.2 Å². The van der Waals surface area contributed by atoms with Gasteiger partial charge in [0.2, 0.25) is 5.88 Å². The van der Waals surface area contributed by atoms with Gasteiger partial charge in [0.25, 0.3) is 5.91 Å². The van der Waals surface area contributed by atoms with Gasteiger partial charge in [-0.1, -0.05) is 54.6 Å². The normalized spacial score (nSPS) is 10.6. The van der Waals surface area contributed by atoms with Gasteiger partial charge >= 0.3 is 0 Å². The van der Waals surface area contributed by atoms with Crippen LogP contribution in [0.4, 0.5) is 0 Å². The highest BCUT2D eigenvalue weighted by Crippen LogP contribution is 2.25. The molecule has 2 N–H and O–H groups in total. The SMILES string of the molecule is CSc1ccc(-c2ccc(CN(N)C(=O)c3ccc(Oc4ccccc4C)nc3)cc2)cc1. The molecular weight excluding hydrogens is 430 g/mol. The van der Waals surface area contributed by atoms with Crippen LogP contribution in [0.2, 0.25) is 0 Å². The molecule has 0 saturated heterocycles. The Kier molecular flexibility index (Phi) is 7.07. The minimum Gasteiger partial charge on any atom is -0.439 e. The number of aromatic nitrogens is 1. The maximum Gasteiger partial charge on any atom is 0.269 e. The summed E-state index contributed by atoms with van der Waals surface area (Å²) in [6, 6.07) is 27.5. The zero-order valence-electron chi connectivity index (χ0n) is 18.6. The van der Waals surface area contributed by atoms with Crippen LogP contribution in [0.5, 0.6) is 11.6 Å². The smallest absolute Gasteiger partial charge is 0.269 e. The molecule has 5 nitrogen and oxygen atoms in total. The van der Waals surface area contributed by atoms with E-state index in [-0.39, 0.29) is 5.91 Å². The number of carbonyl (C=O) groups is 1. The van der Waals surface area contributed by atoms with E-state index in [9.17, 15) is 4.79 Å². The average Bonchev–Trinajstić information content (AvgIpc) is 2.86. The van der Waals surface area contributed by atoms with Gasteiger partial charge in [0.1, 0.15) is 5.75 Å². The Hall–Kier alpha value is -3.61. The molecule has 0 atom stereocenters. The molecule has 166 valence electrons. The van der Waals surface area contributed by atoms with Gasteiger partial charge in [0, 0.05) is 17.2 Å². The molecule has 0 unspecified atom stereocenters. The minimum atomic E-state index is -0.304. The largest absolute Gasteiger partial charge is 0.439 e. The number of para-hydroxylation sites is 1. The van der Waals surface area contributed by atoms with Crippen LogP contribution >= 0.6 is 11.8 Å². The number of nitrogens with zero attached hydrogens (tertiary/aromatic N) is 2. The molecule has 6 heteroatoms. The molecule has 33 heavy (non-hydrogen) atoms.